The normalized spacial score (nSPS) is 8.50. The summed E-state index contributed by atoms with van der Waals surface area (Å²) in [6.45, 7) is 0. The molecule has 0 fully saturated rings. The highest BCUT2D eigenvalue weighted by atomic mass is 35.5. The van der Waals surface area contributed by atoms with Crippen molar-refractivity contribution in [3.8, 4) is 6.07 Å². The minimum Gasteiger partial charge on any atom is -0.205 e. The summed E-state index contributed by atoms with van der Waals surface area (Å²) in [5, 5.41) is 8.38. The van der Waals surface area contributed by atoms with Crippen LogP contribution in [0.4, 0.5) is 4.39 Å². The molecule has 0 spiro atoms. The van der Waals surface area contributed by atoms with Crippen molar-refractivity contribution >= 4 is 35.6 Å². The second-order valence-electron chi connectivity index (χ2n) is 1.83. The van der Waals surface area contributed by atoms with Gasteiger partial charge in [0.05, 0.1) is 15.6 Å². The Hall–Kier alpha value is -0.490. The van der Waals surface area contributed by atoms with E-state index in [2.05, 4.69) is 0 Å². The maximum Gasteiger partial charge on any atom is 0.143 e. The van der Waals surface area contributed by atoms with Crippen LogP contribution >= 0.6 is 35.6 Å². The molecule has 0 radical (unpaired) electrons. The van der Waals surface area contributed by atoms with Gasteiger partial charge in [0.1, 0.15) is 11.9 Å². The summed E-state index contributed by atoms with van der Waals surface area (Å²) in [5.74, 6) is -0.632. The van der Waals surface area contributed by atoms with Gasteiger partial charge in [0.15, 0.2) is 0 Å². The van der Waals surface area contributed by atoms with Gasteiger partial charge in [-0.15, -0.1) is 12.4 Å². The van der Waals surface area contributed by atoms with Gasteiger partial charge in [-0.1, -0.05) is 23.2 Å². The molecule has 0 heterocycles. The number of hydrogen-bond donors (Lipinski definition) is 0. The van der Waals surface area contributed by atoms with E-state index in [1.165, 1.54) is 6.07 Å². The molecule has 12 heavy (non-hydrogen) atoms. The van der Waals surface area contributed by atoms with Crippen LogP contribution < -0.4 is 0 Å². The maximum absolute atomic E-state index is 12.6. The van der Waals surface area contributed by atoms with Crippen LogP contribution in [-0.2, 0) is 0 Å². The summed E-state index contributed by atoms with van der Waals surface area (Å²) in [5.41, 5.74) is -0.0201. The molecule has 0 saturated carbocycles. The van der Waals surface area contributed by atoms with Crippen LogP contribution in [0.15, 0.2) is 12.1 Å². The van der Waals surface area contributed by atoms with Crippen LogP contribution in [-0.4, -0.2) is 0 Å². The Morgan fingerprint density at radius 3 is 2.33 bits per heavy atom. The number of halogens is 4. The lowest BCUT2D eigenvalue weighted by atomic mass is 10.2. The Kier molecular flexibility index (Phi) is 4.33. The van der Waals surface area contributed by atoms with Crippen molar-refractivity contribution in [3.63, 3.8) is 0 Å². The summed E-state index contributed by atoms with van der Waals surface area (Å²) in [6.07, 6.45) is 0. The lowest BCUT2D eigenvalue weighted by molar-refractivity contribution is 0.628. The third-order valence-electron chi connectivity index (χ3n) is 1.16. The van der Waals surface area contributed by atoms with Crippen molar-refractivity contribution < 1.29 is 4.39 Å². The van der Waals surface area contributed by atoms with Crippen LogP contribution in [0.25, 0.3) is 0 Å². The fourth-order valence-electron chi connectivity index (χ4n) is 0.630. The SMILES string of the molecule is Cl.N#Cc1c(Cl)ccc(F)c1Cl. The molecule has 0 N–H and O–H groups in total. The summed E-state index contributed by atoms with van der Waals surface area (Å²) in [6, 6.07) is 4.11. The van der Waals surface area contributed by atoms with Crippen LogP contribution in [0.1, 0.15) is 5.56 Å². The van der Waals surface area contributed by atoms with Crippen molar-refractivity contribution in [1.29, 1.82) is 5.26 Å². The second kappa shape index (κ2) is 4.51. The topological polar surface area (TPSA) is 23.8 Å². The van der Waals surface area contributed by atoms with Crippen molar-refractivity contribution in [2.75, 3.05) is 0 Å². The van der Waals surface area contributed by atoms with Crippen molar-refractivity contribution in [3.05, 3.63) is 33.6 Å². The van der Waals surface area contributed by atoms with E-state index in [4.69, 9.17) is 28.5 Å². The molecule has 0 aliphatic rings. The van der Waals surface area contributed by atoms with E-state index in [0.29, 0.717) is 0 Å². The zero-order chi connectivity index (χ0) is 8.43. The minimum absolute atomic E-state index is 0. The van der Waals surface area contributed by atoms with E-state index in [1.807, 2.05) is 0 Å². The average molecular weight is 226 g/mol. The van der Waals surface area contributed by atoms with Crippen molar-refractivity contribution in [2.24, 2.45) is 0 Å². The Morgan fingerprint density at radius 2 is 1.92 bits per heavy atom. The zero-order valence-corrected chi connectivity index (χ0v) is 7.97. The third kappa shape index (κ3) is 2.01. The molecule has 1 aromatic rings. The van der Waals surface area contributed by atoms with Gasteiger partial charge in [-0.25, -0.2) is 4.39 Å². The zero-order valence-electron chi connectivity index (χ0n) is 5.64. The molecule has 1 aromatic carbocycles. The van der Waals surface area contributed by atoms with Gasteiger partial charge in [0.2, 0.25) is 0 Å². The van der Waals surface area contributed by atoms with Gasteiger partial charge in [-0.2, -0.15) is 5.26 Å². The van der Waals surface area contributed by atoms with E-state index in [-0.39, 0.29) is 28.0 Å². The molecule has 0 unspecified atom stereocenters. The van der Waals surface area contributed by atoms with Crippen molar-refractivity contribution in [1.82, 2.24) is 0 Å². The highest BCUT2D eigenvalue weighted by molar-refractivity contribution is 6.36. The number of hydrogen-bond acceptors (Lipinski definition) is 1. The van der Waals surface area contributed by atoms with E-state index in [0.717, 1.165) is 6.07 Å². The molecule has 0 aromatic heterocycles. The first kappa shape index (κ1) is 11.5. The molecule has 1 rings (SSSR count). The van der Waals surface area contributed by atoms with Gasteiger partial charge >= 0.3 is 0 Å². The predicted octanol–water partition coefficient (Wildman–Crippen LogP) is 3.43. The average Bonchev–Trinajstić information content (AvgIpc) is 1.99. The first-order valence-corrected chi connectivity index (χ1v) is 3.46. The van der Waals surface area contributed by atoms with Gasteiger partial charge in [0, 0.05) is 0 Å². The summed E-state index contributed by atoms with van der Waals surface area (Å²) >= 11 is 10.9. The first-order chi connectivity index (χ1) is 5.16. The van der Waals surface area contributed by atoms with Crippen LogP contribution in [0.3, 0.4) is 0 Å². The van der Waals surface area contributed by atoms with Gasteiger partial charge in [0.25, 0.3) is 0 Å². The molecule has 0 bridgehead atoms. The highest BCUT2D eigenvalue weighted by Crippen LogP contribution is 2.25. The smallest absolute Gasteiger partial charge is 0.143 e. The molecule has 0 amide bonds. The number of nitrogens with zero attached hydrogens (tertiary/aromatic N) is 1. The molecular formula is C7H3Cl3FN. The third-order valence-corrected chi connectivity index (χ3v) is 1.84. The van der Waals surface area contributed by atoms with E-state index < -0.39 is 5.82 Å². The monoisotopic (exact) mass is 225 g/mol. The van der Waals surface area contributed by atoms with Gasteiger partial charge < -0.3 is 0 Å². The van der Waals surface area contributed by atoms with E-state index in [9.17, 15) is 4.39 Å². The largest absolute Gasteiger partial charge is 0.205 e. The van der Waals surface area contributed by atoms with Crippen LogP contribution in [0, 0.1) is 17.1 Å². The molecule has 0 saturated heterocycles. The lowest BCUT2D eigenvalue weighted by Gasteiger charge is -1.97. The maximum atomic E-state index is 12.6. The lowest BCUT2D eigenvalue weighted by Crippen LogP contribution is -1.83. The Balaban J connectivity index is 0.00000121. The Morgan fingerprint density at radius 1 is 1.33 bits per heavy atom. The molecule has 5 heteroatoms. The number of benzene rings is 1. The quantitative estimate of drug-likeness (QED) is 0.622. The highest BCUT2D eigenvalue weighted by Gasteiger charge is 2.08. The fourth-order valence-corrected chi connectivity index (χ4v) is 1.08. The minimum atomic E-state index is -0.632. The molecule has 1 nitrogen and oxygen atoms in total. The molecule has 0 atom stereocenters. The van der Waals surface area contributed by atoms with Gasteiger partial charge in [-0.05, 0) is 12.1 Å². The molecule has 64 valence electrons. The first-order valence-electron chi connectivity index (χ1n) is 2.70. The van der Waals surface area contributed by atoms with Crippen LogP contribution in [0.5, 0.6) is 0 Å². The van der Waals surface area contributed by atoms with Crippen molar-refractivity contribution in [2.45, 2.75) is 0 Å². The summed E-state index contributed by atoms with van der Waals surface area (Å²) < 4.78 is 12.6. The molecular weight excluding hydrogens is 223 g/mol. The number of rotatable bonds is 0. The fraction of sp³-hybridized carbons (Fsp3) is 0. The predicted molar refractivity (Wildman–Crippen MR) is 48.4 cm³/mol. The summed E-state index contributed by atoms with van der Waals surface area (Å²) in [4.78, 5) is 0. The van der Waals surface area contributed by atoms with E-state index in [1.54, 1.807) is 6.07 Å². The standard InChI is InChI=1S/C7H2Cl2FN.ClH/c8-5-1-2-6(10)7(9)4(5)3-11;/h1-2H;1H. The number of nitriles is 1. The van der Waals surface area contributed by atoms with E-state index >= 15 is 0 Å². The Bertz CT molecular complexity index is 332. The summed E-state index contributed by atoms with van der Waals surface area (Å²) in [7, 11) is 0. The molecule has 0 aliphatic heterocycles. The second-order valence-corrected chi connectivity index (χ2v) is 2.62. The van der Waals surface area contributed by atoms with Crippen LogP contribution in [0.2, 0.25) is 10.0 Å². The Labute approximate surface area is 85.1 Å². The van der Waals surface area contributed by atoms with Gasteiger partial charge in [-0.3, -0.25) is 0 Å². The molecule has 0 aliphatic carbocycles.